The predicted octanol–water partition coefficient (Wildman–Crippen LogP) is 0.458. The average molecular weight is 193 g/mol. The molecule has 5 heteroatoms. The Morgan fingerprint density at radius 3 is 3.00 bits per heavy atom. The third-order valence-electron chi connectivity index (χ3n) is 1.12. The zero-order valence-electron chi connectivity index (χ0n) is 7.21. The minimum atomic E-state index is -0.405. The number of amides is 1. The molecule has 0 aromatic rings. The van der Waals surface area contributed by atoms with Crippen LogP contribution >= 0.6 is 11.8 Å². The Hall–Kier alpha value is -0.420. The second kappa shape index (κ2) is 8.67. The van der Waals surface area contributed by atoms with E-state index in [1.807, 2.05) is 6.26 Å². The number of aliphatic hydroxyl groups excluding tert-OH is 1. The maximum Gasteiger partial charge on any atom is 0.407 e. The topological polar surface area (TPSA) is 58.6 Å². The standard InChI is InChI=1S/C7H15NO3S/c1-12-6-5-11-7(10)8-3-2-4-9/h9H,2-6H2,1H3,(H,8,10). The van der Waals surface area contributed by atoms with Gasteiger partial charge in [-0.15, -0.1) is 0 Å². The first-order chi connectivity index (χ1) is 5.81. The van der Waals surface area contributed by atoms with Crippen LogP contribution in [0, 0.1) is 0 Å². The fourth-order valence-electron chi connectivity index (χ4n) is 0.538. The lowest BCUT2D eigenvalue weighted by molar-refractivity contribution is 0.152. The van der Waals surface area contributed by atoms with E-state index in [1.54, 1.807) is 11.8 Å². The largest absolute Gasteiger partial charge is 0.449 e. The third-order valence-corrected chi connectivity index (χ3v) is 1.70. The second-order valence-electron chi connectivity index (χ2n) is 2.13. The number of carbonyl (C=O) groups is 1. The Morgan fingerprint density at radius 2 is 2.42 bits per heavy atom. The van der Waals surface area contributed by atoms with Gasteiger partial charge in [-0.3, -0.25) is 0 Å². The number of alkyl carbamates (subject to hydrolysis) is 1. The number of rotatable bonds is 6. The number of carbonyl (C=O) groups excluding carboxylic acids is 1. The molecular weight excluding hydrogens is 178 g/mol. The van der Waals surface area contributed by atoms with Gasteiger partial charge in [0.15, 0.2) is 0 Å². The second-order valence-corrected chi connectivity index (χ2v) is 3.12. The number of aliphatic hydroxyl groups is 1. The molecule has 0 heterocycles. The summed E-state index contributed by atoms with van der Waals surface area (Å²) in [6.45, 7) is 0.992. The normalized spacial score (nSPS) is 9.50. The van der Waals surface area contributed by atoms with Gasteiger partial charge in [0, 0.05) is 18.9 Å². The average Bonchev–Trinajstić information content (AvgIpc) is 2.06. The van der Waals surface area contributed by atoms with E-state index in [1.165, 1.54) is 0 Å². The smallest absolute Gasteiger partial charge is 0.407 e. The number of ether oxygens (including phenoxy) is 1. The van der Waals surface area contributed by atoms with Gasteiger partial charge in [0.25, 0.3) is 0 Å². The van der Waals surface area contributed by atoms with E-state index >= 15 is 0 Å². The molecule has 0 fully saturated rings. The summed E-state index contributed by atoms with van der Waals surface area (Å²) in [5, 5.41) is 10.9. The van der Waals surface area contributed by atoms with Crippen molar-refractivity contribution in [2.24, 2.45) is 0 Å². The lowest BCUT2D eigenvalue weighted by atomic mass is 10.5. The molecule has 0 unspecified atom stereocenters. The monoisotopic (exact) mass is 193 g/mol. The molecule has 0 bridgehead atoms. The van der Waals surface area contributed by atoms with Gasteiger partial charge in [-0.1, -0.05) is 0 Å². The van der Waals surface area contributed by atoms with Gasteiger partial charge >= 0.3 is 6.09 Å². The van der Waals surface area contributed by atoms with E-state index in [0.717, 1.165) is 5.75 Å². The molecule has 0 saturated heterocycles. The molecule has 12 heavy (non-hydrogen) atoms. The minimum absolute atomic E-state index is 0.0884. The molecule has 72 valence electrons. The van der Waals surface area contributed by atoms with Crippen molar-refractivity contribution >= 4 is 17.9 Å². The van der Waals surface area contributed by atoms with Gasteiger partial charge in [0.1, 0.15) is 6.61 Å². The molecule has 0 radical (unpaired) electrons. The molecule has 0 aromatic heterocycles. The summed E-state index contributed by atoms with van der Waals surface area (Å²) < 4.78 is 4.78. The van der Waals surface area contributed by atoms with Gasteiger partial charge in [-0.2, -0.15) is 11.8 Å². The molecule has 0 aliphatic carbocycles. The van der Waals surface area contributed by atoms with Gasteiger partial charge in [-0.05, 0) is 12.7 Å². The number of hydrogen-bond acceptors (Lipinski definition) is 4. The molecule has 0 atom stereocenters. The van der Waals surface area contributed by atoms with Gasteiger partial charge in [0.05, 0.1) is 0 Å². The molecule has 0 spiro atoms. The van der Waals surface area contributed by atoms with Crippen LogP contribution in [-0.4, -0.2) is 43.0 Å². The number of nitrogens with one attached hydrogen (secondary N) is 1. The lowest BCUT2D eigenvalue weighted by Gasteiger charge is -2.04. The van der Waals surface area contributed by atoms with E-state index in [9.17, 15) is 4.79 Å². The summed E-state index contributed by atoms with van der Waals surface area (Å²) in [4.78, 5) is 10.8. The summed E-state index contributed by atoms with van der Waals surface area (Å²) in [5.41, 5.74) is 0. The fourth-order valence-corrected chi connectivity index (χ4v) is 0.788. The highest BCUT2D eigenvalue weighted by molar-refractivity contribution is 7.98. The predicted molar refractivity (Wildman–Crippen MR) is 49.4 cm³/mol. The molecule has 0 rings (SSSR count). The van der Waals surface area contributed by atoms with E-state index in [-0.39, 0.29) is 6.61 Å². The summed E-state index contributed by atoms with van der Waals surface area (Å²) in [7, 11) is 0. The Morgan fingerprint density at radius 1 is 1.67 bits per heavy atom. The number of hydrogen-bond donors (Lipinski definition) is 2. The van der Waals surface area contributed by atoms with Crippen LogP contribution in [0.3, 0.4) is 0 Å². The van der Waals surface area contributed by atoms with Crippen LogP contribution in [0.5, 0.6) is 0 Å². The fraction of sp³-hybridized carbons (Fsp3) is 0.857. The molecule has 2 N–H and O–H groups in total. The van der Waals surface area contributed by atoms with Crippen molar-refractivity contribution in [3.63, 3.8) is 0 Å². The van der Waals surface area contributed by atoms with Crippen LogP contribution in [0.15, 0.2) is 0 Å². The first-order valence-corrected chi connectivity index (χ1v) is 5.21. The summed E-state index contributed by atoms with van der Waals surface area (Å²) in [6.07, 6.45) is 2.11. The molecule has 0 saturated carbocycles. The summed E-state index contributed by atoms with van der Waals surface area (Å²) in [5.74, 6) is 0.813. The van der Waals surface area contributed by atoms with Crippen LogP contribution in [0.2, 0.25) is 0 Å². The van der Waals surface area contributed by atoms with Crippen LogP contribution in [0.25, 0.3) is 0 Å². The van der Waals surface area contributed by atoms with Crippen LogP contribution in [0.4, 0.5) is 4.79 Å². The SMILES string of the molecule is CSCCOC(=O)NCCCO. The first-order valence-electron chi connectivity index (χ1n) is 3.81. The van der Waals surface area contributed by atoms with E-state index in [0.29, 0.717) is 19.6 Å². The Labute approximate surface area is 76.7 Å². The molecule has 0 aliphatic rings. The first kappa shape index (κ1) is 11.6. The van der Waals surface area contributed by atoms with E-state index in [2.05, 4.69) is 5.32 Å². The molecule has 1 amide bonds. The van der Waals surface area contributed by atoms with Crippen molar-refractivity contribution in [2.45, 2.75) is 6.42 Å². The zero-order chi connectivity index (χ0) is 9.23. The van der Waals surface area contributed by atoms with Crippen molar-refractivity contribution in [2.75, 3.05) is 31.8 Å². The molecule has 4 nitrogen and oxygen atoms in total. The maximum atomic E-state index is 10.8. The van der Waals surface area contributed by atoms with Crippen molar-refractivity contribution in [3.05, 3.63) is 0 Å². The minimum Gasteiger partial charge on any atom is -0.449 e. The Bertz CT molecular complexity index is 109. The number of thioether (sulfide) groups is 1. The quantitative estimate of drug-likeness (QED) is 0.602. The highest BCUT2D eigenvalue weighted by Crippen LogP contribution is 1.90. The highest BCUT2D eigenvalue weighted by Gasteiger charge is 1.98. The summed E-state index contributed by atoms with van der Waals surface area (Å²) >= 11 is 1.63. The maximum absolute atomic E-state index is 10.8. The summed E-state index contributed by atoms with van der Waals surface area (Å²) in [6, 6.07) is 0. The van der Waals surface area contributed by atoms with Crippen molar-refractivity contribution < 1.29 is 14.6 Å². The van der Waals surface area contributed by atoms with E-state index in [4.69, 9.17) is 9.84 Å². The van der Waals surface area contributed by atoms with Crippen LogP contribution < -0.4 is 5.32 Å². The van der Waals surface area contributed by atoms with Gasteiger partial charge < -0.3 is 15.2 Å². The Kier molecular flexibility index (Phi) is 8.37. The van der Waals surface area contributed by atoms with Crippen LogP contribution in [-0.2, 0) is 4.74 Å². The molecule has 0 aromatic carbocycles. The van der Waals surface area contributed by atoms with Crippen molar-refractivity contribution in [1.82, 2.24) is 5.32 Å². The molecular formula is C7H15NO3S. The van der Waals surface area contributed by atoms with Crippen molar-refractivity contribution in [3.8, 4) is 0 Å². The molecule has 0 aliphatic heterocycles. The lowest BCUT2D eigenvalue weighted by Crippen LogP contribution is -2.26. The zero-order valence-corrected chi connectivity index (χ0v) is 8.02. The third kappa shape index (κ3) is 7.68. The van der Waals surface area contributed by atoms with Gasteiger partial charge in [-0.25, -0.2) is 4.79 Å². The highest BCUT2D eigenvalue weighted by atomic mass is 32.2. The Balaban J connectivity index is 3.10. The van der Waals surface area contributed by atoms with Crippen LogP contribution in [0.1, 0.15) is 6.42 Å². The van der Waals surface area contributed by atoms with Crippen molar-refractivity contribution in [1.29, 1.82) is 0 Å². The van der Waals surface area contributed by atoms with Gasteiger partial charge in [0.2, 0.25) is 0 Å². The van der Waals surface area contributed by atoms with E-state index < -0.39 is 6.09 Å².